The molecule has 0 spiro atoms. The number of hydrogen-bond donors (Lipinski definition) is 3. The summed E-state index contributed by atoms with van der Waals surface area (Å²) in [5.41, 5.74) is -1.00. The van der Waals surface area contributed by atoms with Crippen LogP contribution in [0.5, 0.6) is 0 Å². The second kappa shape index (κ2) is 5.44. The maximum atomic E-state index is 11.7. The molecular formula is C11H15N3O4. The Kier molecular flexibility index (Phi) is 4.19. The van der Waals surface area contributed by atoms with Gasteiger partial charge in [0.25, 0.3) is 5.56 Å². The predicted octanol–water partition coefficient (Wildman–Crippen LogP) is 0.599. The SMILES string of the molecule is CC(C)(CC(=O)O)CC(=O)Nc1ccc(=O)[nH]n1. The number of carbonyl (C=O) groups is 2. The van der Waals surface area contributed by atoms with Gasteiger partial charge in [0.1, 0.15) is 0 Å². The molecule has 1 heterocycles. The second-order valence-corrected chi connectivity index (χ2v) is 4.77. The van der Waals surface area contributed by atoms with E-state index in [1.807, 2.05) is 0 Å². The lowest BCUT2D eigenvalue weighted by Gasteiger charge is -2.21. The monoisotopic (exact) mass is 253 g/mol. The molecule has 7 nitrogen and oxygen atoms in total. The zero-order chi connectivity index (χ0) is 13.8. The fraction of sp³-hybridized carbons (Fsp3) is 0.455. The highest BCUT2D eigenvalue weighted by Crippen LogP contribution is 2.25. The number of aromatic amines is 1. The molecule has 3 N–H and O–H groups in total. The molecule has 0 aliphatic rings. The molecule has 1 amide bonds. The van der Waals surface area contributed by atoms with E-state index in [2.05, 4.69) is 15.5 Å². The van der Waals surface area contributed by atoms with E-state index in [0.717, 1.165) is 0 Å². The first-order valence-corrected chi connectivity index (χ1v) is 5.36. The molecule has 0 radical (unpaired) electrons. The van der Waals surface area contributed by atoms with Gasteiger partial charge in [-0.15, -0.1) is 0 Å². The van der Waals surface area contributed by atoms with Crippen LogP contribution in [-0.4, -0.2) is 27.2 Å². The van der Waals surface area contributed by atoms with Crippen molar-refractivity contribution in [1.82, 2.24) is 10.2 Å². The van der Waals surface area contributed by atoms with Crippen LogP contribution in [-0.2, 0) is 9.59 Å². The summed E-state index contributed by atoms with van der Waals surface area (Å²) in [7, 11) is 0. The molecule has 0 saturated heterocycles. The van der Waals surface area contributed by atoms with Crippen LogP contribution < -0.4 is 10.9 Å². The quantitative estimate of drug-likeness (QED) is 0.711. The van der Waals surface area contributed by atoms with E-state index in [1.54, 1.807) is 13.8 Å². The minimum absolute atomic E-state index is 0.0557. The number of carbonyl (C=O) groups excluding carboxylic acids is 1. The van der Waals surface area contributed by atoms with Gasteiger partial charge in [0, 0.05) is 12.5 Å². The molecule has 0 aliphatic carbocycles. The van der Waals surface area contributed by atoms with Gasteiger partial charge in [0.15, 0.2) is 5.82 Å². The van der Waals surface area contributed by atoms with E-state index in [-0.39, 0.29) is 30.1 Å². The summed E-state index contributed by atoms with van der Waals surface area (Å²) in [6, 6.07) is 2.62. The van der Waals surface area contributed by atoms with Gasteiger partial charge < -0.3 is 10.4 Å². The third kappa shape index (κ3) is 4.77. The molecule has 1 aromatic heterocycles. The van der Waals surface area contributed by atoms with Gasteiger partial charge in [0.05, 0.1) is 6.42 Å². The summed E-state index contributed by atoms with van der Waals surface area (Å²) in [5, 5.41) is 17.0. The van der Waals surface area contributed by atoms with Gasteiger partial charge in [-0.3, -0.25) is 14.4 Å². The number of rotatable bonds is 5. The van der Waals surface area contributed by atoms with Crippen molar-refractivity contribution in [3.63, 3.8) is 0 Å². The van der Waals surface area contributed by atoms with Crippen molar-refractivity contribution in [1.29, 1.82) is 0 Å². The molecule has 0 aliphatic heterocycles. The van der Waals surface area contributed by atoms with Crippen molar-refractivity contribution < 1.29 is 14.7 Å². The average Bonchev–Trinajstić information content (AvgIpc) is 2.18. The number of hydrogen-bond acceptors (Lipinski definition) is 4. The number of aliphatic carboxylic acids is 1. The zero-order valence-corrected chi connectivity index (χ0v) is 10.2. The Bertz CT molecular complexity index is 487. The Morgan fingerprint density at radius 3 is 2.56 bits per heavy atom. The molecule has 0 unspecified atom stereocenters. The molecule has 0 saturated carbocycles. The highest BCUT2D eigenvalue weighted by Gasteiger charge is 2.25. The van der Waals surface area contributed by atoms with Crippen molar-refractivity contribution in [2.24, 2.45) is 5.41 Å². The summed E-state index contributed by atoms with van der Waals surface area (Å²) in [6.45, 7) is 3.39. The first-order chi connectivity index (χ1) is 8.28. The number of nitrogens with one attached hydrogen (secondary N) is 2. The fourth-order valence-electron chi connectivity index (χ4n) is 1.51. The molecule has 0 fully saturated rings. The topological polar surface area (TPSA) is 112 Å². The third-order valence-electron chi connectivity index (χ3n) is 2.22. The van der Waals surface area contributed by atoms with Crippen LogP contribution in [0.1, 0.15) is 26.7 Å². The zero-order valence-electron chi connectivity index (χ0n) is 10.2. The second-order valence-electron chi connectivity index (χ2n) is 4.77. The van der Waals surface area contributed by atoms with Gasteiger partial charge in [-0.1, -0.05) is 13.8 Å². The van der Waals surface area contributed by atoms with Gasteiger partial charge >= 0.3 is 5.97 Å². The van der Waals surface area contributed by atoms with Crippen LogP contribution in [0.3, 0.4) is 0 Å². The van der Waals surface area contributed by atoms with Gasteiger partial charge in [-0.05, 0) is 11.5 Å². The lowest BCUT2D eigenvalue weighted by molar-refractivity contribution is -0.139. The van der Waals surface area contributed by atoms with Crippen LogP contribution in [0.15, 0.2) is 16.9 Å². The fourth-order valence-corrected chi connectivity index (χ4v) is 1.51. The number of anilines is 1. The first-order valence-electron chi connectivity index (χ1n) is 5.36. The molecule has 7 heteroatoms. The predicted molar refractivity (Wildman–Crippen MR) is 64.1 cm³/mol. The van der Waals surface area contributed by atoms with Crippen molar-refractivity contribution in [3.8, 4) is 0 Å². The largest absolute Gasteiger partial charge is 0.481 e. The Labute approximate surface area is 103 Å². The summed E-state index contributed by atoms with van der Waals surface area (Å²) in [4.78, 5) is 33.0. The van der Waals surface area contributed by atoms with E-state index < -0.39 is 11.4 Å². The number of H-pyrrole nitrogens is 1. The van der Waals surface area contributed by atoms with Crippen LogP contribution in [0.25, 0.3) is 0 Å². The number of nitrogens with zero attached hydrogens (tertiary/aromatic N) is 1. The van der Waals surface area contributed by atoms with E-state index in [1.165, 1.54) is 12.1 Å². The molecule has 0 aromatic carbocycles. The van der Waals surface area contributed by atoms with Crippen molar-refractivity contribution >= 4 is 17.7 Å². The first kappa shape index (κ1) is 13.9. The summed E-state index contributed by atoms with van der Waals surface area (Å²) in [5.74, 6) is -1.07. The van der Waals surface area contributed by atoms with Crippen LogP contribution >= 0.6 is 0 Å². The Balaban J connectivity index is 2.58. The molecule has 1 rings (SSSR count). The van der Waals surface area contributed by atoms with E-state index in [4.69, 9.17) is 5.11 Å². The lowest BCUT2D eigenvalue weighted by atomic mass is 9.85. The Hall–Kier alpha value is -2.18. The average molecular weight is 253 g/mol. The molecule has 0 atom stereocenters. The highest BCUT2D eigenvalue weighted by molar-refractivity contribution is 5.90. The number of amides is 1. The van der Waals surface area contributed by atoms with Crippen LogP contribution in [0, 0.1) is 5.41 Å². The Morgan fingerprint density at radius 2 is 2.06 bits per heavy atom. The van der Waals surface area contributed by atoms with Gasteiger partial charge in [-0.2, -0.15) is 5.10 Å². The molecule has 18 heavy (non-hydrogen) atoms. The minimum atomic E-state index is -0.949. The molecule has 98 valence electrons. The van der Waals surface area contributed by atoms with E-state index >= 15 is 0 Å². The van der Waals surface area contributed by atoms with Gasteiger partial charge in [-0.25, -0.2) is 5.10 Å². The number of carboxylic acids is 1. The Morgan fingerprint density at radius 1 is 1.39 bits per heavy atom. The minimum Gasteiger partial charge on any atom is -0.481 e. The molecular weight excluding hydrogens is 238 g/mol. The van der Waals surface area contributed by atoms with Crippen molar-refractivity contribution in [3.05, 3.63) is 22.5 Å². The lowest BCUT2D eigenvalue weighted by Crippen LogP contribution is -2.25. The van der Waals surface area contributed by atoms with E-state index in [9.17, 15) is 14.4 Å². The smallest absolute Gasteiger partial charge is 0.303 e. The number of aromatic nitrogens is 2. The normalized spacial score (nSPS) is 11.0. The van der Waals surface area contributed by atoms with Crippen molar-refractivity contribution in [2.75, 3.05) is 5.32 Å². The maximum Gasteiger partial charge on any atom is 0.303 e. The van der Waals surface area contributed by atoms with Gasteiger partial charge in [0.2, 0.25) is 5.91 Å². The molecule has 0 bridgehead atoms. The van der Waals surface area contributed by atoms with Crippen LogP contribution in [0.4, 0.5) is 5.82 Å². The summed E-state index contributed by atoms with van der Waals surface area (Å²) >= 11 is 0. The van der Waals surface area contributed by atoms with Crippen LogP contribution in [0.2, 0.25) is 0 Å². The summed E-state index contributed by atoms with van der Waals surface area (Å²) < 4.78 is 0. The van der Waals surface area contributed by atoms with Crippen molar-refractivity contribution in [2.45, 2.75) is 26.7 Å². The third-order valence-corrected chi connectivity index (χ3v) is 2.22. The molecule has 1 aromatic rings. The number of carboxylic acid groups (broad SMARTS) is 1. The standard InChI is InChI=1S/C11H15N3O4/c1-11(2,6-10(17)18)5-9(16)12-7-3-4-8(15)14-13-7/h3-4H,5-6H2,1-2H3,(H,14,15)(H,17,18)(H,12,13,16). The summed E-state index contributed by atoms with van der Waals surface area (Å²) in [6.07, 6.45) is -0.0421. The van der Waals surface area contributed by atoms with E-state index in [0.29, 0.717) is 0 Å². The maximum absolute atomic E-state index is 11.7. The highest BCUT2D eigenvalue weighted by atomic mass is 16.4.